The van der Waals surface area contributed by atoms with Crippen molar-refractivity contribution in [3.05, 3.63) is 48.2 Å². The van der Waals surface area contributed by atoms with E-state index in [0.29, 0.717) is 31.3 Å². The first-order valence-electron chi connectivity index (χ1n) is 9.85. The highest BCUT2D eigenvalue weighted by Crippen LogP contribution is 2.39. The van der Waals surface area contributed by atoms with Crippen LogP contribution >= 0.6 is 0 Å². The second-order valence-electron chi connectivity index (χ2n) is 8.01. The average molecular weight is 418 g/mol. The van der Waals surface area contributed by atoms with Gasteiger partial charge in [0.05, 0.1) is 13.7 Å². The molecule has 4 rings (SSSR count). The predicted octanol–water partition coefficient (Wildman–Crippen LogP) is 2.53. The molecular formula is C21H27N3O4S. The van der Waals surface area contributed by atoms with Crippen LogP contribution in [0.15, 0.2) is 47.5 Å². The summed E-state index contributed by atoms with van der Waals surface area (Å²) in [6, 6.07) is 10.7. The van der Waals surface area contributed by atoms with Gasteiger partial charge in [-0.05, 0) is 32.0 Å². The van der Waals surface area contributed by atoms with Crippen molar-refractivity contribution in [2.24, 2.45) is 0 Å². The lowest BCUT2D eigenvalue weighted by Gasteiger charge is -2.33. The normalized spacial score (nSPS) is 24.3. The first-order valence-corrected chi connectivity index (χ1v) is 11.3. The highest BCUT2D eigenvalue weighted by atomic mass is 32.2. The lowest BCUT2D eigenvalue weighted by molar-refractivity contribution is 0.0531. The van der Waals surface area contributed by atoms with Gasteiger partial charge in [-0.1, -0.05) is 18.2 Å². The second kappa shape index (κ2) is 7.59. The summed E-state index contributed by atoms with van der Waals surface area (Å²) in [5.74, 6) is 1.06. The van der Waals surface area contributed by atoms with Crippen LogP contribution in [0.4, 0.5) is 0 Å². The fraction of sp³-hybridized carbons (Fsp3) is 0.476. The number of fused-ring (bicyclic) bond motifs is 1. The first-order chi connectivity index (χ1) is 13.8. The maximum atomic E-state index is 13.3. The van der Waals surface area contributed by atoms with Crippen LogP contribution < -0.4 is 9.47 Å². The third kappa shape index (κ3) is 3.72. The topological polar surface area (TPSA) is 72.0 Å². The summed E-state index contributed by atoms with van der Waals surface area (Å²) in [7, 11) is -1.99. The average Bonchev–Trinajstić information content (AvgIpc) is 3.04. The number of ether oxygens (including phenoxy) is 2. The Labute approximate surface area is 172 Å². The predicted molar refractivity (Wildman–Crippen MR) is 110 cm³/mol. The van der Waals surface area contributed by atoms with Crippen LogP contribution in [0.1, 0.15) is 25.8 Å². The van der Waals surface area contributed by atoms with Gasteiger partial charge < -0.3 is 9.47 Å². The molecule has 8 heteroatoms. The van der Waals surface area contributed by atoms with E-state index in [9.17, 15) is 8.42 Å². The third-order valence-corrected chi connectivity index (χ3v) is 7.68. The van der Waals surface area contributed by atoms with Crippen LogP contribution in [0, 0.1) is 0 Å². The number of rotatable bonds is 4. The summed E-state index contributed by atoms with van der Waals surface area (Å²) < 4.78 is 39.9. The molecule has 2 aliphatic heterocycles. The molecule has 7 nitrogen and oxygen atoms in total. The Morgan fingerprint density at radius 2 is 2.00 bits per heavy atom. The Hall–Kier alpha value is -2.16. The smallest absolute Gasteiger partial charge is 0.247 e. The van der Waals surface area contributed by atoms with Gasteiger partial charge in [0.1, 0.15) is 16.2 Å². The summed E-state index contributed by atoms with van der Waals surface area (Å²) in [5.41, 5.74) is 0.425. The van der Waals surface area contributed by atoms with Crippen molar-refractivity contribution in [3.8, 4) is 11.6 Å². The van der Waals surface area contributed by atoms with E-state index in [2.05, 4.69) is 9.88 Å². The number of hydrogen-bond acceptors (Lipinski definition) is 6. The third-order valence-electron chi connectivity index (χ3n) is 5.61. The highest BCUT2D eigenvalue weighted by molar-refractivity contribution is 7.89. The molecule has 0 aliphatic carbocycles. The zero-order chi connectivity index (χ0) is 20.6. The van der Waals surface area contributed by atoms with E-state index in [1.54, 1.807) is 35.8 Å². The monoisotopic (exact) mass is 417 g/mol. The minimum Gasteiger partial charge on any atom is -0.483 e. The van der Waals surface area contributed by atoms with E-state index < -0.39 is 15.6 Å². The summed E-state index contributed by atoms with van der Waals surface area (Å²) in [6.07, 6.45) is 2.47. The largest absolute Gasteiger partial charge is 0.483 e. The van der Waals surface area contributed by atoms with Crippen molar-refractivity contribution in [3.63, 3.8) is 0 Å². The lowest BCUT2D eigenvalue weighted by atomic mass is 10.0. The van der Waals surface area contributed by atoms with Gasteiger partial charge >= 0.3 is 0 Å². The SMILES string of the molecule is COc1ncccc1CN1CC[C@]2(C1)CN(C(C)C)S(=O)(=O)c1ccccc1O2. The summed E-state index contributed by atoms with van der Waals surface area (Å²) in [4.78, 5) is 6.80. The minimum atomic E-state index is -3.61. The molecule has 0 bridgehead atoms. The quantitative estimate of drug-likeness (QED) is 0.761. The molecule has 29 heavy (non-hydrogen) atoms. The number of hydrogen-bond donors (Lipinski definition) is 0. The molecule has 1 atom stereocenters. The molecule has 2 aliphatic rings. The Kier molecular flexibility index (Phi) is 5.27. The first kappa shape index (κ1) is 20.1. The number of nitrogens with zero attached hydrogens (tertiary/aromatic N) is 3. The Morgan fingerprint density at radius 3 is 2.76 bits per heavy atom. The van der Waals surface area contributed by atoms with Crippen molar-refractivity contribution in [1.82, 2.24) is 14.2 Å². The Bertz CT molecular complexity index is 995. The number of benzene rings is 1. The molecule has 0 N–H and O–H groups in total. The van der Waals surface area contributed by atoms with E-state index in [1.165, 1.54) is 0 Å². The molecule has 3 heterocycles. The fourth-order valence-electron chi connectivity index (χ4n) is 4.21. The zero-order valence-corrected chi connectivity index (χ0v) is 17.9. The number of pyridine rings is 1. The van der Waals surface area contributed by atoms with Crippen LogP contribution in [-0.2, 0) is 16.6 Å². The van der Waals surface area contributed by atoms with Gasteiger partial charge in [0, 0.05) is 43.9 Å². The number of methoxy groups -OCH3 is 1. The van der Waals surface area contributed by atoms with E-state index in [4.69, 9.17) is 9.47 Å². The van der Waals surface area contributed by atoms with Gasteiger partial charge in [-0.15, -0.1) is 0 Å². The van der Waals surface area contributed by atoms with Crippen LogP contribution in [0.3, 0.4) is 0 Å². The van der Waals surface area contributed by atoms with E-state index >= 15 is 0 Å². The molecule has 156 valence electrons. The van der Waals surface area contributed by atoms with Gasteiger partial charge in [-0.3, -0.25) is 4.90 Å². The molecular weight excluding hydrogens is 390 g/mol. The van der Waals surface area contributed by atoms with Gasteiger partial charge in [-0.25, -0.2) is 13.4 Å². The van der Waals surface area contributed by atoms with E-state index in [-0.39, 0.29) is 10.9 Å². The second-order valence-corrected chi connectivity index (χ2v) is 9.87. The van der Waals surface area contributed by atoms with Crippen molar-refractivity contribution < 1.29 is 17.9 Å². The molecule has 0 radical (unpaired) electrons. The molecule has 1 spiro atoms. The maximum absolute atomic E-state index is 13.3. The van der Waals surface area contributed by atoms with E-state index in [1.807, 2.05) is 32.0 Å². The lowest BCUT2D eigenvalue weighted by Crippen LogP contribution is -2.51. The van der Waals surface area contributed by atoms with Crippen molar-refractivity contribution >= 4 is 10.0 Å². The molecule has 1 aromatic carbocycles. The minimum absolute atomic E-state index is 0.154. The van der Waals surface area contributed by atoms with Gasteiger partial charge in [0.15, 0.2) is 0 Å². The zero-order valence-electron chi connectivity index (χ0n) is 17.0. The summed E-state index contributed by atoms with van der Waals surface area (Å²) in [6.45, 7) is 6.28. The molecule has 1 fully saturated rings. The fourth-order valence-corrected chi connectivity index (χ4v) is 6.04. The van der Waals surface area contributed by atoms with Gasteiger partial charge in [0.25, 0.3) is 0 Å². The highest BCUT2D eigenvalue weighted by Gasteiger charge is 2.48. The van der Waals surface area contributed by atoms with Gasteiger partial charge in [0.2, 0.25) is 15.9 Å². The van der Waals surface area contributed by atoms with Crippen LogP contribution in [0.5, 0.6) is 11.6 Å². The summed E-state index contributed by atoms with van der Waals surface area (Å²) >= 11 is 0. The van der Waals surface area contributed by atoms with Crippen LogP contribution in [-0.4, -0.2) is 61.0 Å². The number of aromatic nitrogens is 1. The number of sulfonamides is 1. The molecule has 2 aromatic rings. The van der Waals surface area contributed by atoms with Crippen molar-refractivity contribution in [1.29, 1.82) is 0 Å². The number of likely N-dealkylation sites (tertiary alicyclic amines) is 1. The van der Waals surface area contributed by atoms with Crippen molar-refractivity contribution in [2.75, 3.05) is 26.7 Å². The molecule has 0 unspecified atom stereocenters. The number of para-hydroxylation sites is 1. The van der Waals surface area contributed by atoms with Gasteiger partial charge in [-0.2, -0.15) is 4.31 Å². The Balaban J connectivity index is 1.64. The van der Waals surface area contributed by atoms with Crippen molar-refractivity contribution in [2.45, 2.75) is 43.4 Å². The van der Waals surface area contributed by atoms with E-state index in [0.717, 1.165) is 18.5 Å². The Morgan fingerprint density at radius 1 is 1.21 bits per heavy atom. The summed E-state index contributed by atoms with van der Waals surface area (Å²) in [5, 5.41) is 0. The van der Waals surface area contributed by atoms with Crippen LogP contribution in [0.2, 0.25) is 0 Å². The standard InChI is InChI=1S/C21H27N3O4S/c1-16(2)24-15-21(28-18-8-4-5-9-19(18)29(24,25)26)10-12-23(14-21)13-17-7-6-11-22-20(17)27-3/h4-9,11,16H,10,12-15H2,1-3H3/t21-/m0/s1. The molecule has 0 amide bonds. The molecule has 1 aromatic heterocycles. The molecule has 0 saturated carbocycles. The maximum Gasteiger partial charge on any atom is 0.247 e. The van der Waals surface area contributed by atoms with Crippen LogP contribution in [0.25, 0.3) is 0 Å². The molecule has 1 saturated heterocycles.